The average Bonchev–Trinajstić information content (AvgIpc) is 2.51. The first kappa shape index (κ1) is 10.4. The molecule has 0 unspecified atom stereocenters. The molecule has 0 aromatic heterocycles. The fraction of sp³-hybridized carbons (Fsp3) is 0.500. The fourth-order valence-electron chi connectivity index (χ4n) is 2.01. The molecule has 1 fully saturated rings. The maximum atomic E-state index is 4.13. The lowest BCUT2D eigenvalue weighted by atomic mass is 9.42. The predicted molar refractivity (Wildman–Crippen MR) is 62.3 cm³/mol. The smallest absolute Gasteiger partial charge is 0.108 e. The van der Waals surface area contributed by atoms with Crippen molar-refractivity contribution in [3.63, 3.8) is 0 Å². The Balaban J connectivity index is 2.51. The molecule has 1 aliphatic heterocycles. The van der Waals surface area contributed by atoms with E-state index in [1.54, 1.807) is 0 Å². The topological polar surface area (TPSA) is 0 Å². The average molecular weight is 174 g/mol. The van der Waals surface area contributed by atoms with Gasteiger partial charge in [0.2, 0.25) is 0 Å². The monoisotopic (exact) mass is 174 g/mol. The number of rotatable bonds is 3. The number of hydrogen-bond donors (Lipinski definition) is 0. The second-order valence-electron chi connectivity index (χ2n) is 3.82. The van der Waals surface area contributed by atoms with Gasteiger partial charge in [-0.1, -0.05) is 36.5 Å². The van der Waals surface area contributed by atoms with E-state index in [0.717, 1.165) is 6.71 Å². The Bertz CT molecular complexity index is 236. The van der Waals surface area contributed by atoms with Gasteiger partial charge < -0.3 is 0 Å². The van der Waals surface area contributed by atoms with E-state index in [1.807, 2.05) is 0 Å². The SMILES string of the molecule is C=C1CCCB1CC(/C=C\C)=C/C. The summed E-state index contributed by atoms with van der Waals surface area (Å²) in [5.41, 5.74) is 2.92. The van der Waals surface area contributed by atoms with Crippen LogP contribution in [0.15, 0.2) is 35.9 Å². The molecule has 0 nitrogen and oxygen atoms in total. The molecule has 1 rings (SSSR count). The lowest BCUT2D eigenvalue weighted by Crippen LogP contribution is -2.09. The van der Waals surface area contributed by atoms with Crippen LogP contribution in [0.1, 0.15) is 26.7 Å². The van der Waals surface area contributed by atoms with Crippen molar-refractivity contribution in [1.29, 1.82) is 0 Å². The van der Waals surface area contributed by atoms with Crippen LogP contribution in [0, 0.1) is 0 Å². The van der Waals surface area contributed by atoms with Crippen molar-refractivity contribution in [1.82, 2.24) is 0 Å². The van der Waals surface area contributed by atoms with Crippen molar-refractivity contribution < 1.29 is 0 Å². The molecule has 1 saturated heterocycles. The molecule has 0 radical (unpaired) electrons. The van der Waals surface area contributed by atoms with Crippen molar-refractivity contribution in [3.8, 4) is 0 Å². The molecule has 0 aromatic carbocycles. The summed E-state index contributed by atoms with van der Waals surface area (Å²) in [4.78, 5) is 0. The molecule has 0 spiro atoms. The summed E-state index contributed by atoms with van der Waals surface area (Å²) in [6.07, 6.45) is 11.7. The van der Waals surface area contributed by atoms with Crippen LogP contribution in [0.5, 0.6) is 0 Å². The van der Waals surface area contributed by atoms with E-state index in [4.69, 9.17) is 0 Å². The summed E-state index contributed by atoms with van der Waals surface area (Å²) in [5.74, 6) is 0. The highest BCUT2D eigenvalue weighted by atomic mass is 14.0. The van der Waals surface area contributed by atoms with Gasteiger partial charge in [-0.05, 0) is 26.6 Å². The van der Waals surface area contributed by atoms with Gasteiger partial charge in [0.15, 0.2) is 6.71 Å². The van der Waals surface area contributed by atoms with Gasteiger partial charge in [-0.15, -0.1) is 12.1 Å². The zero-order valence-corrected chi connectivity index (χ0v) is 8.84. The first-order chi connectivity index (χ1) is 6.27. The summed E-state index contributed by atoms with van der Waals surface area (Å²) in [6, 6.07) is 0. The molecule has 1 aliphatic rings. The molecule has 0 aromatic rings. The third-order valence-corrected chi connectivity index (χ3v) is 2.86. The van der Waals surface area contributed by atoms with Crippen molar-refractivity contribution >= 4 is 6.71 Å². The minimum atomic E-state index is 0.752. The molecule has 0 amide bonds. The van der Waals surface area contributed by atoms with E-state index < -0.39 is 0 Å². The second kappa shape index (κ2) is 5.11. The minimum Gasteiger partial charge on any atom is -0.108 e. The van der Waals surface area contributed by atoms with Crippen molar-refractivity contribution in [2.45, 2.75) is 39.3 Å². The number of allylic oxidation sites excluding steroid dienone is 5. The molecule has 0 N–H and O–H groups in total. The van der Waals surface area contributed by atoms with Crippen LogP contribution in [0.25, 0.3) is 0 Å². The van der Waals surface area contributed by atoms with Crippen LogP contribution < -0.4 is 0 Å². The molecular weight excluding hydrogens is 155 g/mol. The van der Waals surface area contributed by atoms with Crippen molar-refractivity contribution in [2.24, 2.45) is 0 Å². The highest BCUT2D eigenvalue weighted by molar-refractivity contribution is 6.68. The van der Waals surface area contributed by atoms with Crippen LogP contribution in [0.4, 0.5) is 0 Å². The van der Waals surface area contributed by atoms with E-state index in [9.17, 15) is 0 Å². The fourth-order valence-corrected chi connectivity index (χ4v) is 2.01. The molecule has 70 valence electrons. The highest BCUT2D eigenvalue weighted by Gasteiger charge is 2.22. The van der Waals surface area contributed by atoms with Gasteiger partial charge in [0.25, 0.3) is 0 Å². The first-order valence-electron chi connectivity index (χ1n) is 5.23. The van der Waals surface area contributed by atoms with Gasteiger partial charge in [0.05, 0.1) is 0 Å². The third-order valence-electron chi connectivity index (χ3n) is 2.86. The normalized spacial score (nSPS) is 19.1. The van der Waals surface area contributed by atoms with Crippen LogP contribution in [0.2, 0.25) is 12.6 Å². The van der Waals surface area contributed by atoms with E-state index in [-0.39, 0.29) is 0 Å². The Kier molecular flexibility index (Phi) is 4.07. The zero-order valence-electron chi connectivity index (χ0n) is 8.84. The van der Waals surface area contributed by atoms with Gasteiger partial charge in [-0.3, -0.25) is 0 Å². The van der Waals surface area contributed by atoms with Gasteiger partial charge in [0, 0.05) is 0 Å². The molecule has 0 bridgehead atoms. The lowest BCUT2D eigenvalue weighted by molar-refractivity contribution is 0.986. The second-order valence-corrected chi connectivity index (χ2v) is 3.82. The molecule has 1 heteroatoms. The van der Waals surface area contributed by atoms with Gasteiger partial charge in [-0.25, -0.2) is 0 Å². The van der Waals surface area contributed by atoms with Gasteiger partial charge >= 0.3 is 0 Å². The highest BCUT2D eigenvalue weighted by Crippen LogP contribution is 2.28. The maximum absolute atomic E-state index is 4.13. The predicted octanol–water partition coefficient (Wildman–Crippen LogP) is 3.89. The summed E-state index contributed by atoms with van der Waals surface area (Å²) >= 11 is 0. The minimum absolute atomic E-state index is 0.752. The Labute approximate surface area is 82.5 Å². The summed E-state index contributed by atoms with van der Waals surface area (Å²) < 4.78 is 0. The van der Waals surface area contributed by atoms with Crippen molar-refractivity contribution in [2.75, 3.05) is 0 Å². The third kappa shape index (κ3) is 2.91. The maximum Gasteiger partial charge on any atom is 0.174 e. The molecular formula is C12H19B. The molecule has 0 atom stereocenters. The van der Waals surface area contributed by atoms with E-state index in [1.165, 1.54) is 36.5 Å². The Morgan fingerprint density at radius 1 is 1.54 bits per heavy atom. The van der Waals surface area contributed by atoms with Crippen LogP contribution >= 0.6 is 0 Å². The molecule has 0 saturated carbocycles. The zero-order chi connectivity index (χ0) is 9.68. The first-order valence-corrected chi connectivity index (χ1v) is 5.23. The largest absolute Gasteiger partial charge is 0.174 e. The summed E-state index contributed by atoms with van der Waals surface area (Å²) in [7, 11) is 0. The Hall–Kier alpha value is -0.715. The van der Waals surface area contributed by atoms with Gasteiger partial charge in [-0.2, -0.15) is 0 Å². The van der Waals surface area contributed by atoms with Crippen molar-refractivity contribution in [3.05, 3.63) is 35.9 Å². The Morgan fingerprint density at radius 2 is 2.31 bits per heavy atom. The van der Waals surface area contributed by atoms with Crippen LogP contribution in [0.3, 0.4) is 0 Å². The molecule has 1 heterocycles. The van der Waals surface area contributed by atoms with E-state index in [0.29, 0.717) is 0 Å². The molecule has 0 aliphatic carbocycles. The summed E-state index contributed by atoms with van der Waals surface area (Å²) in [5, 5.41) is 0. The molecule has 13 heavy (non-hydrogen) atoms. The van der Waals surface area contributed by atoms with Gasteiger partial charge in [0.1, 0.15) is 0 Å². The summed E-state index contributed by atoms with van der Waals surface area (Å²) in [6.45, 7) is 9.08. The van der Waals surface area contributed by atoms with Crippen LogP contribution in [-0.2, 0) is 0 Å². The Morgan fingerprint density at radius 3 is 2.77 bits per heavy atom. The number of hydrogen-bond acceptors (Lipinski definition) is 0. The van der Waals surface area contributed by atoms with E-state index in [2.05, 4.69) is 38.7 Å². The quantitative estimate of drug-likeness (QED) is 0.449. The standard InChI is InChI=1S/C12H19B/c1-4-7-12(5-2)10-13-9-6-8-11(13)3/h4-5,7H,3,6,8-10H2,1-2H3/b7-4-,12-5+. The van der Waals surface area contributed by atoms with Crippen LogP contribution in [-0.4, -0.2) is 6.71 Å². The van der Waals surface area contributed by atoms with E-state index >= 15 is 0 Å². The lowest BCUT2D eigenvalue weighted by Gasteiger charge is -2.07.